The highest BCUT2D eigenvalue weighted by molar-refractivity contribution is 7.89. The van der Waals surface area contributed by atoms with Gasteiger partial charge in [-0.15, -0.1) is 0 Å². The zero-order chi connectivity index (χ0) is 19.4. The molecule has 27 heavy (non-hydrogen) atoms. The van der Waals surface area contributed by atoms with Crippen LogP contribution in [0.15, 0.2) is 59.5 Å². The number of benzene rings is 2. The number of nitrogens with zero attached hydrogens (tertiary/aromatic N) is 2. The van der Waals surface area contributed by atoms with E-state index in [1.165, 1.54) is 0 Å². The van der Waals surface area contributed by atoms with Crippen molar-refractivity contribution in [1.82, 2.24) is 9.21 Å². The predicted octanol–water partition coefficient (Wildman–Crippen LogP) is 2.39. The molecule has 0 N–H and O–H groups in total. The van der Waals surface area contributed by atoms with E-state index < -0.39 is 10.0 Å². The average molecular weight is 391 g/mol. The van der Waals surface area contributed by atoms with Crippen LogP contribution in [0.1, 0.15) is 11.6 Å². The highest BCUT2D eigenvalue weighted by atomic mass is 32.2. The minimum atomic E-state index is -3.67. The molecule has 2 aromatic rings. The number of methoxy groups -OCH3 is 1. The van der Waals surface area contributed by atoms with Crippen molar-refractivity contribution in [3.63, 3.8) is 0 Å². The lowest BCUT2D eigenvalue weighted by Gasteiger charge is -2.41. The lowest BCUT2D eigenvalue weighted by Crippen LogP contribution is -2.51. The molecule has 1 saturated heterocycles. The van der Waals surface area contributed by atoms with Crippen molar-refractivity contribution in [3.05, 3.63) is 60.2 Å². The first-order valence-electron chi connectivity index (χ1n) is 8.90. The van der Waals surface area contributed by atoms with Gasteiger partial charge in [0.25, 0.3) is 0 Å². The molecule has 0 aliphatic carbocycles. The van der Waals surface area contributed by atoms with Crippen LogP contribution < -0.4 is 4.74 Å². The van der Waals surface area contributed by atoms with E-state index in [2.05, 4.69) is 0 Å². The number of rotatable bonds is 6. The van der Waals surface area contributed by atoms with Gasteiger partial charge in [0.15, 0.2) is 0 Å². The van der Waals surface area contributed by atoms with E-state index in [4.69, 9.17) is 9.47 Å². The molecule has 7 heteroatoms. The minimum absolute atomic E-state index is 0.246. The molecule has 1 aliphatic heterocycles. The summed E-state index contributed by atoms with van der Waals surface area (Å²) >= 11 is 0. The second-order valence-electron chi connectivity index (χ2n) is 6.82. The topological polar surface area (TPSA) is 59.1 Å². The Hall–Kier alpha value is -1.93. The maximum Gasteiger partial charge on any atom is 0.243 e. The Bertz CT molecular complexity index is 838. The van der Waals surface area contributed by atoms with Gasteiger partial charge in [-0.2, -0.15) is 4.31 Å². The van der Waals surface area contributed by atoms with Crippen LogP contribution in [0.25, 0.3) is 0 Å². The van der Waals surface area contributed by atoms with Crippen LogP contribution in [0.3, 0.4) is 0 Å². The van der Waals surface area contributed by atoms with Gasteiger partial charge in [0.1, 0.15) is 5.75 Å². The van der Waals surface area contributed by atoms with Gasteiger partial charge in [0.2, 0.25) is 10.0 Å². The molecule has 2 atom stereocenters. The van der Waals surface area contributed by atoms with Gasteiger partial charge >= 0.3 is 0 Å². The van der Waals surface area contributed by atoms with Crippen molar-refractivity contribution >= 4 is 10.0 Å². The Morgan fingerprint density at radius 2 is 1.78 bits per heavy atom. The Labute approximate surface area is 161 Å². The van der Waals surface area contributed by atoms with Gasteiger partial charge in [0, 0.05) is 13.1 Å². The molecule has 0 radical (unpaired) electrons. The highest BCUT2D eigenvalue weighted by Crippen LogP contribution is 2.35. The SMILES string of the molecule is COc1ccc(S(=O)(=O)N2CCO[C@@H](CN(C)C)[C@@H]2c2ccccc2)cc1. The molecule has 3 rings (SSSR count). The summed E-state index contributed by atoms with van der Waals surface area (Å²) in [4.78, 5) is 2.28. The fourth-order valence-corrected chi connectivity index (χ4v) is 5.03. The number of hydrogen-bond acceptors (Lipinski definition) is 5. The number of ether oxygens (including phenoxy) is 2. The second kappa shape index (κ2) is 8.39. The standard InChI is InChI=1S/C20H26N2O4S/c1-21(2)15-19-20(16-7-5-4-6-8-16)22(13-14-26-19)27(23,24)18-11-9-17(25-3)10-12-18/h4-12,19-20H,13-15H2,1-3H3/t19-,20-/m0/s1. The van der Waals surface area contributed by atoms with Crippen LogP contribution in [0.2, 0.25) is 0 Å². The van der Waals surface area contributed by atoms with Crippen LogP contribution in [0, 0.1) is 0 Å². The van der Waals surface area contributed by atoms with E-state index in [-0.39, 0.29) is 17.0 Å². The minimum Gasteiger partial charge on any atom is -0.497 e. The smallest absolute Gasteiger partial charge is 0.243 e. The Morgan fingerprint density at radius 3 is 2.37 bits per heavy atom. The molecule has 1 heterocycles. The third kappa shape index (κ3) is 4.32. The van der Waals surface area contributed by atoms with Crippen LogP contribution in [-0.4, -0.2) is 64.6 Å². The first-order chi connectivity index (χ1) is 12.9. The molecule has 0 amide bonds. The fraction of sp³-hybridized carbons (Fsp3) is 0.400. The van der Waals surface area contributed by atoms with Gasteiger partial charge in [-0.3, -0.25) is 0 Å². The second-order valence-corrected chi connectivity index (χ2v) is 8.71. The third-order valence-corrected chi connectivity index (χ3v) is 6.55. The number of sulfonamides is 1. The number of hydrogen-bond donors (Lipinski definition) is 0. The quantitative estimate of drug-likeness (QED) is 0.758. The fourth-order valence-electron chi connectivity index (χ4n) is 3.41. The first-order valence-corrected chi connectivity index (χ1v) is 10.3. The molecule has 0 saturated carbocycles. The van der Waals surface area contributed by atoms with Gasteiger partial charge < -0.3 is 14.4 Å². The molecule has 1 fully saturated rings. The Balaban J connectivity index is 2.01. The van der Waals surface area contributed by atoms with Crippen LogP contribution in [0.4, 0.5) is 0 Å². The molecule has 0 spiro atoms. The van der Waals surface area contributed by atoms with Gasteiger partial charge in [-0.25, -0.2) is 8.42 Å². The predicted molar refractivity (Wildman–Crippen MR) is 104 cm³/mol. The lowest BCUT2D eigenvalue weighted by molar-refractivity contribution is -0.0514. The number of likely N-dealkylation sites (N-methyl/N-ethyl adjacent to an activating group) is 1. The summed E-state index contributed by atoms with van der Waals surface area (Å²) < 4.78 is 39.5. The van der Waals surface area contributed by atoms with E-state index in [0.29, 0.717) is 25.4 Å². The molecule has 0 unspecified atom stereocenters. The van der Waals surface area contributed by atoms with Crippen LogP contribution >= 0.6 is 0 Å². The van der Waals surface area contributed by atoms with E-state index in [9.17, 15) is 8.42 Å². The first kappa shape index (κ1) is 19.8. The Kier molecular flexibility index (Phi) is 6.16. The molecule has 6 nitrogen and oxygen atoms in total. The summed E-state index contributed by atoms with van der Waals surface area (Å²) in [6.45, 7) is 1.32. The largest absolute Gasteiger partial charge is 0.497 e. The molecule has 0 aromatic heterocycles. The Morgan fingerprint density at radius 1 is 1.11 bits per heavy atom. The van der Waals surface area contributed by atoms with E-state index in [1.54, 1.807) is 35.7 Å². The van der Waals surface area contributed by atoms with Crippen molar-refractivity contribution in [2.24, 2.45) is 0 Å². The highest BCUT2D eigenvalue weighted by Gasteiger charge is 2.40. The summed E-state index contributed by atoms with van der Waals surface area (Å²) in [6, 6.07) is 15.8. The molecule has 0 bridgehead atoms. The van der Waals surface area contributed by atoms with Gasteiger partial charge in [-0.1, -0.05) is 30.3 Å². The van der Waals surface area contributed by atoms with Gasteiger partial charge in [0.05, 0.1) is 30.8 Å². The molecular formula is C20H26N2O4S. The summed E-state index contributed by atoms with van der Waals surface area (Å²) in [5, 5.41) is 0. The lowest BCUT2D eigenvalue weighted by atomic mass is 9.99. The molecular weight excluding hydrogens is 364 g/mol. The van der Waals surface area contributed by atoms with E-state index in [0.717, 1.165) is 5.56 Å². The maximum absolute atomic E-state index is 13.4. The monoisotopic (exact) mass is 390 g/mol. The number of morpholine rings is 1. The van der Waals surface area contributed by atoms with Crippen molar-refractivity contribution in [2.45, 2.75) is 17.0 Å². The summed E-state index contributed by atoms with van der Waals surface area (Å²) in [5.41, 5.74) is 0.932. The average Bonchev–Trinajstić information content (AvgIpc) is 2.68. The van der Waals surface area contributed by atoms with Gasteiger partial charge in [-0.05, 0) is 43.9 Å². The molecule has 1 aliphatic rings. The van der Waals surface area contributed by atoms with E-state index in [1.807, 2.05) is 49.3 Å². The molecule has 2 aromatic carbocycles. The van der Waals surface area contributed by atoms with Crippen molar-refractivity contribution in [3.8, 4) is 5.75 Å². The zero-order valence-electron chi connectivity index (χ0n) is 15.9. The zero-order valence-corrected chi connectivity index (χ0v) is 16.7. The normalized spacial score (nSPS) is 21.3. The van der Waals surface area contributed by atoms with Crippen LogP contribution in [-0.2, 0) is 14.8 Å². The molecule has 146 valence electrons. The van der Waals surface area contributed by atoms with Crippen molar-refractivity contribution < 1.29 is 17.9 Å². The third-order valence-electron chi connectivity index (χ3n) is 4.66. The van der Waals surface area contributed by atoms with Crippen molar-refractivity contribution in [1.29, 1.82) is 0 Å². The van der Waals surface area contributed by atoms with E-state index >= 15 is 0 Å². The summed E-state index contributed by atoms with van der Waals surface area (Å²) in [6.07, 6.45) is -0.246. The summed E-state index contributed by atoms with van der Waals surface area (Å²) in [5.74, 6) is 0.626. The maximum atomic E-state index is 13.4. The summed E-state index contributed by atoms with van der Waals surface area (Å²) in [7, 11) is 1.81. The van der Waals surface area contributed by atoms with Crippen LogP contribution in [0.5, 0.6) is 5.75 Å². The van der Waals surface area contributed by atoms with Crippen molar-refractivity contribution in [2.75, 3.05) is 40.9 Å².